The largest absolute Gasteiger partial charge is 0.368 e. The Bertz CT molecular complexity index is 367. The van der Waals surface area contributed by atoms with E-state index in [9.17, 15) is 4.79 Å². The molecule has 0 bridgehead atoms. The Hall–Kier alpha value is -0.870. The summed E-state index contributed by atoms with van der Waals surface area (Å²) in [5, 5.41) is 2.96. The number of nitrogens with two attached hydrogens (primary N) is 1. The maximum Gasteiger partial charge on any atom is 0.237 e. The standard InChI is InChI=1S/C11H15BrN2O/c1-11(14-2,10(13)15)7-8-4-3-5-9(12)6-8/h3-6,14H,7H2,1-2H3,(H2,13,15). The van der Waals surface area contributed by atoms with Crippen molar-refractivity contribution in [2.75, 3.05) is 7.05 Å². The van der Waals surface area contributed by atoms with Crippen LogP contribution in [0.5, 0.6) is 0 Å². The van der Waals surface area contributed by atoms with Gasteiger partial charge in [0.05, 0.1) is 5.54 Å². The van der Waals surface area contributed by atoms with Crippen molar-refractivity contribution in [2.24, 2.45) is 5.73 Å². The van der Waals surface area contributed by atoms with Gasteiger partial charge < -0.3 is 11.1 Å². The number of primary amides is 1. The van der Waals surface area contributed by atoms with E-state index in [1.54, 1.807) is 14.0 Å². The third-order valence-corrected chi connectivity index (χ3v) is 3.04. The van der Waals surface area contributed by atoms with Crippen LogP contribution in [0.2, 0.25) is 0 Å². The zero-order valence-corrected chi connectivity index (χ0v) is 10.5. The topological polar surface area (TPSA) is 55.1 Å². The van der Waals surface area contributed by atoms with Crippen molar-refractivity contribution in [1.29, 1.82) is 0 Å². The van der Waals surface area contributed by atoms with E-state index >= 15 is 0 Å². The van der Waals surface area contributed by atoms with Gasteiger partial charge in [0.1, 0.15) is 0 Å². The van der Waals surface area contributed by atoms with Crippen molar-refractivity contribution in [3.05, 3.63) is 34.3 Å². The summed E-state index contributed by atoms with van der Waals surface area (Å²) < 4.78 is 1.00. The lowest BCUT2D eigenvalue weighted by atomic mass is 9.92. The Morgan fingerprint density at radius 1 is 1.60 bits per heavy atom. The fourth-order valence-electron chi connectivity index (χ4n) is 1.35. The summed E-state index contributed by atoms with van der Waals surface area (Å²) >= 11 is 3.39. The van der Waals surface area contributed by atoms with Gasteiger partial charge >= 0.3 is 0 Å². The van der Waals surface area contributed by atoms with Gasteiger partial charge in [0.2, 0.25) is 5.91 Å². The molecule has 0 heterocycles. The van der Waals surface area contributed by atoms with Gasteiger partial charge in [-0.2, -0.15) is 0 Å². The van der Waals surface area contributed by atoms with Gasteiger partial charge in [-0.1, -0.05) is 28.1 Å². The molecule has 0 aliphatic heterocycles. The maximum absolute atomic E-state index is 11.3. The summed E-state index contributed by atoms with van der Waals surface area (Å²) in [6.45, 7) is 1.80. The number of amides is 1. The summed E-state index contributed by atoms with van der Waals surface area (Å²) in [4.78, 5) is 11.3. The first-order valence-corrected chi connectivity index (χ1v) is 5.50. The summed E-state index contributed by atoms with van der Waals surface area (Å²) in [6, 6.07) is 7.85. The molecule has 0 spiro atoms. The van der Waals surface area contributed by atoms with E-state index in [0.29, 0.717) is 6.42 Å². The maximum atomic E-state index is 11.3. The highest BCUT2D eigenvalue weighted by Crippen LogP contribution is 2.17. The van der Waals surface area contributed by atoms with Gasteiger partial charge in [-0.15, -0.1) is 0 Å². The second kappa shape index (κ2) is 4.77. The van der Waals surface area contributed by atoms with Gasteiger partial charge in [0.25, 0.3) is 0 Å². The van der Waals surface area contributed by atoms with Crippen molar-refractivity contribution < 1.29 is 4.79 Å². The third kappa shape index (κ3) is 3.04. The highest BCUT2D eigenvalue weighted by Gasteiger charge is 2.28. The average Bonchev–Trinajstić information content (AvgIpc) is 2.17. The lowest BCUT2D eigenvalue weighted by molar-refractivity contribution is -0.123. The SMILES string of the molecule is CNC(C)(Cc1cccc(Br)c1)C(N)=O. The first-order chi connectivity index (χ1) is 6.98. The van der Waals surface area contributed by atoms with Crippen molar-refractivity contribution in [1.82, 2.24) is 5.32 Å². The van der Waals surface area contributed by atoms with Crippen LogP contribution in [-0.2, 0) is 11.2 Å². The minimum atomic E-state index is -0.694. The molecular formula is C11H15BrN2O. The Labute approximate surface area is 98.2 Å². The van der Waals surface area contributed by atoms with Crippen LogP contribution in [0.25, 0.3) is 0 Å². The predicted octanol–water partition coefficient (Wildman–Crippen LogP) is 1.46. The Balaban J connectivity index is 2.89. The number of rotatable bonds is 4. The molecule has 3 N–H and O–H groups in total. The molecule has 1 aromatic carbocycles. The van der Waals surface area contributed by atoms with Gasteiger partial charge in [-0.05, 0) is 38.1 Å². The number of likely N-dealkylation sites (N-methyl/N-ethyl adjacent to an activating group) is 1. The Morgan fingerprint density at radius 2 is 2.27 bits per heavy atom. The molecule has 1 unspecified atom stereocenters. The number of nitrogens with one attached hydrogen (secondary N) is 1. The van der Waals surface area contributed by atoms with E-state index in [-0.39, 0.29) is 5.91 Å². The first kappa shape index (κ1) is 12.2. The zero-order valence-electron chi connectivity index (χ0n) is 8.88. The zero-order chi connectivity index (χ0) is 11.5. The van der Waals surface area contributed by atoms with E-state index in [2.05, 4.69) is 21.2 Å². The van der Waals surface area contributed by atoms with Crippen LogP contribution in [0.1, 0.15) is 12.5 Å². The van der Waals surface area contributed by atoms with Crippen molar-refractivity contribution >= 4 is 21.8 Å². The molecule has 0 saturated carbocycles. The second-order valence-corrected chi connectivity index (χ2v) is 4.67. The molecule has 0 aliphatic rings. The summed E-state index contributed by atoms with van der Waals surface area (Å²) in [7, 11) is 1.74. The molecule has 15 heavy (non-hydrogen) atoms. The van der Waals surface area contributed by atoms with Crippen LogP contribution in [0.4, 0.5) is 0 Å². The molecule has 0 aromatic heterocycles. The van der Waals surface area contributed by atoms with Gasteiger partial charge in [-0.25, -0.2) is 0 Å². The Morgan fingerprint density at radius 3 is 2.73 bits per heavy atom. The van der Waals surface area contributed by atoms with E-state index in [1.807, 2.05) is 24.3 Å². The molecule has 82 valence electrons. The molecule has 4 heteroatoms. The van der Waals surface area contributed by atoms with E-state index in [4.69, 9.17) is 5.73 Å². The number of hydrogen-bond donors (Lipinski definition) is 2. The summed E-state index contributed by atoms with van der Waals surface area (Å²) in [6.07, 6.45) is 0.582. The van der Waals surface area contributed by atoms with Crippen molar-refractivity contribution in [3.8, 4) is 0 Å². The van der Waals surface area contributed by atoms with Gasteiger partial charge in [0.15, 0.2) is 0 Å². The first-order valence-electron chi connectivity index (χ1n) is 4.71. The van der Waals surface area contributed by atoms with Crippen molar-refractivity contribution in [3.63, 3.8) is 0 Å². The molecule has 1 atom stereocenters. The Kier molecular flexibility index (Phi) is 3.88. The monoisotopic (exact) mass is 270 g/mol. The van der Waals surface area contributed by atoms with Crippen LogP contribution in [0.15, 0.2) is 28.7 Å². The second-order valence-electron chi connectivity index (χ2n) is 3.75. The van der Waals surface area contributed by atoms with Crippen LogP contribution in [0.3, 0.4) is 0 Å². The lowest BCUT2D eigenvalue weighted by Crippen LogP contribution is -2.53. The van der Waals surface area contributed by atoms with E-state index in [0.717, 1.165) is 10.0 Å². The molecule has 3 nitrogen and oxygen atoms in total. The fraction of sp³-hybridized carbons (Fsp3) is 0.364. The molecule has 0 aliphatic carbocycles. The molecule has 0 radical (unpaired) electrons. The number of halogens is 1. The van der Waals surface area contributed by atoms with Crippen LogP contribution in [-0.4, -0.2) is 18.5 Å². The van der Waals surface area contributed by atoms with Crippen LogP contribution in [0, 0.1) is 0 Å². The smallest absolute Gasteiger partial charge is 0.237 e. The minimum Gasteiger partial charge on any atom is -0.368 e. The molecule has 0 fully saturated rings. The highest BCUT2D eigenvalue weighted by molar-refractivity contribution is 9.10. The quantitative estimate of drug-likeness (QED) is 0.871. The molecular weight excluding hydrogens is 256 g/mol. The third-order valence-electron chi connectivity index (χ3n) is 2.54. The lowest BCUT2D eigenvalue weighted by Gasteiger charge is -2.25. The minimum absolute atomic E-state index is 0.343. The molecule has 0 saturated heterocycles. The van der Waals surface area contributed by atoms with E-state index < -0.39 is 5.54 Å². The fourth-order valence-corrected chi connectivity index (χ4v) is 1.80. The van der Waals surface area contributed by atoms with Crippen LogP contribution >= 0.6 is 15.9 Å². The summed E-state index contributed by atoms with van der Waals surface area (Å²) in [5.74, 6) is -0.343. The van der Waals surface area contributed by atoms with Gasteiger partial charge in [0, 0.05) is 4.47 Å². The van der Waals surface area contributed by atoms with Gasteiger partial charge in [-0.3, -0.25) is 4.79 Å². The number of carbonyl (C=O) groups is 1. The van der Waals surface area contributed by atoms with E-state index in [1.165, 1.54) is 0 Å². The molecule has 1 amide bonds. The van der Waals surface area contributed by atoms with Crippen LogP contribution < -0.4 is 11.1 Å². The average molecular weight is 271 g/mol. The number of benzene rings is 1. The number of carbonyl (C=O) groups excluding carboxylic acids is 1. The normalized spacial score (nSPS) is 14.6. The predicted molar refractivity (Wildman–Crippen MR) is 64.5 cm³/mol. The summed E-state index contributed by atoms with van der Waals surface area (Å²) in [5.41, 5.74) is 5.73. The molecule has 1 rings (SSSR count). The van der Waals surface area contributed by atoms with Crippen molar-refractivity contribution in [2.45, 2.75) is 18.9 Å². The molecule has 1 aromatic rings. The number of hydrogen-bond acceptors (Lipinski definition) is 2. The highest BCUT2D eigenvalue weighted by atomic mass is 79.9.